The normalized spacial score (nSPS) is 19.1. The van der Waals surface area contributed by atoms with Crippen LogP contribution < -0.4 is 0 Å². The first-order valence-corrected chi connectivity index (χ1v) is 5.13. The standard InChI is InChI=1S/C11H17NO3/c1-7(4-5-13)6-12-10(14)8(2)9(3)11(12)15/h7,13H,4-6H2,1-3H3. The van der Waals surface area contributed by atoms with Gasteiger partial charge >= 0.3 is 0 Å². The lowest BCUT2D eigenvalue weighted by Gasteiger charge is -2.19. The number of amides is 2. The number of carbonyl (C=O) groups excluding carboxylic acids is 2. The minimum Gasteiger partial charge on any atom is -0.396 e. The van der Waals surface area contributed by atoms with Crippen molar-refractivity contribution in [2.24, 2.45) is 5.92 Å². The molecule has 0 aromatic rings. The molecule has 1 heterocycles. The van der Waals surface area contributed by atoms with Crippen molar-refractivity contribution in [3.8, 4) is 0 Å². The maximum atomic E-state index is 11.7. The summed E-state index contributed by atoms with van der Waals surface area (Å²) >= 11 is 0. The lowest BCUT2D eigenvalue weighted by atomic mass is 10.1. The highest BCUT2D eigenvalue weighted by Crippen LogP contribution is 2.21. The lowest BCUT2D eigenvalue weighted by molar-refractivity contribution is -0.138. The molecule has 15 heavy (non-hydrogen) atoms. The van der Waals surface area contributed by atoms with E-state index < -0.39 is 0 Å². The van der Waals surface area contributed by atoms with Crippen LogP contribution in [0.1, 0.15) is 27.2 Å². The summed E-state index contributed by atoms with van der Waals surface area (Å²) in [5.41, 5.74) is 1.08. The van der Waals surface area contributed by atoms with Crippen molar-refractivity contribution < 1.29 is 14.7 Å². The average molecular weight is 211 g/mol. The van der Waals surface area contributed by atoms with Crippen LogP contribution in [-0.2, 0) is 9.59 Å². The minimum atomic E-state index is -0.192. The number of carbonyl (C=O) groups is 2. The molecule has 0 spiro atoms. The Morgan fingerprint density at radius 2 is 1.67 bits per heavy atom. The van der Waals surface area contributed by atoms with Crippen molar-refractivity contribution in [1.82, 2.24) is 4.90 Å². The first-order chi connectivity index (χ1) is 6.99. The molecule has 2 amide bonds. The van der Waals surface area contributed by atoms with E-state index in [-0.39, 0.29) is 24.3 Å². The van der Waals surface area contributed by atoms with Crippen LogP contribution in [-0.4, -0.2) is 35.0 Å². The molecule has 1 unspecified atom stereocenters. The Kier molecular flexibility index (Phi) is 3.63. The summed E-state index contributed by atoms with van der Waals surface area (Å²) < 4.78 is 0. The zero-order chi connectivity index (χ0) is 11.6. The zero-order valence-electron chi connectivity index (χ0n) is 9.41. The largest absolute Gasteiger partial charge is 0.396 e. The number of aliphatic hydroxyl groups is 1. The smallest absolute Gasteiger partial charge is 0.256 e. The van der Waals surface area contributed by atoms with Crippen LogP contribution in [0.5, 0.6) is 0 Å². The van der Waals surface area contributed by atoms with E-state index in [1.54, 1.807) is 13.8 Å². The highest BCUT2D eigenvalue weighted by molar-refractivity contribution is 6.18. The molecule has 84 valence electrons. The molecule has 1 aliphatic rings. The van der Waals surface area contributed by atoms with Gasteiger partial charge in [0, 0.05) is 24.3 Å². The second-order valence-corrected chi connectivity index (χ2v) is 4.09. The van der Waals surface area contributed by atoms with Crippen LogP contribution in [0.4, 0.5) is 0 Å². The minimum absolute atomic E-state index is 0.0861. The lowest BCUT2D eigenvalue weighted by Crippen LogP contribution is -2.35. The van der Waals surface area contributed by atoms with Gasteiger partial charge in [-0.3, -0.25) is 14.5 Å². The third kappa shape index (κ3) is 2.26. The van der Waals surface area contributed by atoms with Gasteiger partial charge < -0.3 is 5.11 Å². The molecule has 0 radical (unpaired) electrons. The topological polar surface area (TPSA) is 57.6 Å². The van der Waals surface area contributed by atoms with Gasteiger partial charge in [-0.1, -0.05) is 6.92 Å². The highest BCUT2D eigenvalue weighted by Gasteiger charge is 2.33. The fourth-order valence-corrected chi connectivity index (χ4v) is 1.61. The number of nitrogens with zero attached hydrogens (tertiary/aromatic N) is 1. The Morgan fingerprint density at radius 1 is 1.20 bits per heavy atom. The summed E-state index contributed by atoms with van der Waals surface area (Å²) in [5, 5.41) is 8.75. The number of hydrogen-bond acceptors (Lipinski definition) is 3. The molecule has 4 nitrogen and oxygen atoms in total. The van der Waals surface area contributed by atoms with Gasteiger partial charge in [-0.15, -0.1) is 0 Å². The van der Waals surface area contributed by atoms with E-state index in [0.29, 0.717) is 24.1 Å². The Bertz CT molecular complexity index is 296. The fourth-order valence-electron chi connectivity index (χ4n) is 1.61. The summed E-state index contributed by atoms with van der Waals surface area (Å²) in [7, 11) is 0. The summed E-state index contributed by atoms with van der Waals surface area (Å²) in [6.45, 7) is 5.74. The SMILES string of the molecule is CC1=C(C)C(=O)N(CC(C)CCO)C1=O. The van der Waals surface area contributed by atoms with E-state index in [2.05, 4.69) is 0 Å². The Hall–Kier alpha value is -1.16. The molecule has 1 N–H and O–H groups in total. The summed E-state index contributed by atoms with van der Waals surface area (Å²) in [6, 6.07) is 0. The average Bonchev–Trinajstić information content (AvgIpc) is 2.36. The molecule has 0 saturated carbocycles. The summed E-state index contributed by atoms with van der Waals surface area (Å²) in [4.78, 5) is 24.6. The van der Waals surface area contributed by atoms with Gasteiger partial charge in [-0.05, 0) is 26.2 Å². The molecule has 0 saturated heterocycles. The van der Waals surface area contributed by atoms with Crippen LogP contribution in [0.2, 0.25) is 0 Å². The molecule has 0 aromatic carbocycles. The maximum Gasteiger partial charge on any atom is 0.256 e. The second-order valence-electron chi connectivity index (χ2n) is 4.09. The van der Waals surface area contributed by atoms with Crippen LogP contribution in [0.3, 0.4) is 0 Å². The molecule has 4 heteroatoms. The van der Waals surface area contributed by atoms with E-state index in [0.717, 1.165) is 0 Å². The quantitative estimate of drug-likeness (QED) is 0.697. The number of imide groups is 1. The number of hydrogen-bond donors (Lipinski definition) is 1. The van der Waals surface area contributed by atoms with Gasteiger partial charge in [0.1, 0.15) is 0 Å². The fraction of sp³-hybridized carbons (Fsp3) is 0.636. The van der Waals surface area contributed by atoms with Crippen molar-refractivity contribution in [3.05, 3.63) is 11.1 Å². The monoisotopic (exact) mass is 211 g/mol. The van der Waals surface area contributed by atoms with Crippen molar-refractivity contribution in [1.29, 1.82) is 0 Å². The molecular formula is C11H17NO3. The molecule has 0 bridgehead atoms. The predicted octanol–water partition coefficient (Wildman–Crippen LogP) is 0.710. The van der Waals surface area contributed by atoms with Crippen molar-refractivity contribution >= 4 is 11.8 Å². The molecular weight excluding hydrogens is 194 g/mol. The van der Waals surface area contributed by atoms with Crippen molar-refractivity contribution in [2.75, 3.05) is 13.2 Å². The van der Waals surface area contributed by atoms with Gasteiger partial charge in [0.2, 0.25) is 0 Å². The summed E-state index contributed by atoms with van der Waals surface area (Å²) in [5.74, 6) is -0.244. The van der Waals surface area contributed by atoms with Crippen LogP contribution >= 0.6 is 0 Å². The van der Waals surface area contributed by atoms with Crippen LogP contribution in [0.15, 0.2) is 11.1 Å². The van der Waals surface area contributed by atoms with Gasteiger partial charge in [0.05, 0.1) is 0 Å². The first-order valence-electron chi connectivity index (χ1n) is 5.13. The molecule has 0 aromatic heterocycles. The number of rotatable bonds is 4. The first kappa shape index (κ1) is 11.9. The second kappa shape index (κ2) is 4.57. The van der Waals surface area contributed by atoms with Gasteiger partial charge in [-0.2, -0.15) is 0 Å². The molecule has 0 fully saturated rings. The van der Waals surface area contributed by atoms with Gasteiger partial charge in [0.15, 0.2) is 0 Å². The van der Waals surface area contributed by atoms with E-state index in [4.69, 9.17) is 5.11 Å². The highest BCUT2D eigenvalue weighted by atomic mass is 16.3. The third-order valence-electron chi connectivity index (χ3n) is 2.81. The van der Waals surface area contributed by atoms with Gasteiger partial charge in [0.25, 0.3) is 11.8 Å². The van der Waals surface area contributed by atoms with Crippen LogP contribution in [0.25, 0.3) is 0 Å². The van der Waals surface area contributed by atoms with Crippen LogP contribution in [0, 0.1) is 5.92 Å². The Morgan fingerprint density at radius 3 is 2.07 bits per heavy atom. The van der Waals surface area contributed by atoms with E-state index >= 15 is 0 Å². The van der Waals surface area contributed by atoms with Crippen molar-refractivity contribution in [2.45, 2.75) is 27.2 Å². The zero-order valence-corrected chi connectivity index (χ0v) is 9.41. The van der Waals surface area contributed by atoms with Gasteiger partial charge in [-0.25, -0.2) is 0 Å². The van der Waals surface area contributed by atoms with E-state index in [1.807, 2.05) is 6.92 Å². The third-order valence-corrected chi connectivity index (χ3v) is 2.81. The predicted molar refractivity (Wildman–Crippen MR) is 56.0 cm³/mol. The Balaban J connectivity index is 2.68. The molecule has 1 atom stereocenters. The number of aliphatic hydroxyl groups excluding tert-OH is 1. The molecule has 1 rings (SSSR count). The summed E-state index contributed by atoms with van der Waals surface area (Å²) in [6.07, 6.45) is 0.606. The van der Waals surface area contributed by atoms with E-state index in [9.17, 15) is 9.59 Å². The van der Waals surface area contributed by atoms with E-state index in [1.165, 1.54) is 4.90 Å². The maximum absolute atomic E-state index is 11.7. The molecule has 1 aliphatic heterocycles. The Labute approximate surface area is 89.6 Å². The molecule has 0 aliphatic carbocycles. The van der Waals surface area contributed by atoms with Crippen molar-refractivity contribution in [3.63, 3.8) is 0 Å².